The zero-order valence-corrected chi connectivity index (χ0v) is 11.5. The molecule has 100 valence electrons. The highest BCUT2D eigenvalue weighted by Gasteiger charge is 2.28. The van der Waals surface area contributed by atoms with Crippen molar-refractivity contribution in [2.75, 3.05) is 7.11 Å². The molecule has 1 aromatic carbocycles. The number of nitrogens with two attached hydrogens (primary N) is 1. The van der Waals surface area contributed by atoms with Gasteiger partial charge in [0, 0.05) is 5.70 Å². The summed E-state index contributed by atoms with van der Waals surface area (Å²) in [5.74, 6) is 0.234. The number of primary amides is 1. The van der Waals surface area contributed by atoms with Gasteiger partial charge in [-0.3, -0.25) is 4.79 Å². The van der Waals surface area contributed by atoms with Crippen LogP contribution in [0.15, 0.2) is 35.5 Å². The lowest BCUT2D eigenvalue weighted by atomic mass is 9.95. The first-order valence-electron chi connectivity index (χ1n) is 5.75. The van der Waals surface area contributed by atoms with E-state index in [1.165, 1.54) is 0 Å². The molecule has 0 saturated carbocycles. The summed E-state index contributed by atoms with van der Waals surface area (Å²) in [7, 11) is 1.59. The molecule has 2 rings (SSSR count). The molecule has 1 amide bonds. The van der Waals surface area contributed by atoms with E-state index in [4.69, 9.17) is 22.7 Å². The first-order chi connectivity index (χ1) is 9.02. The van der Waals surface area contributed by atoms with Crippen LogP contribution < -0.4 is 21.1 Å². The van der Waals surface area contributed by atoms with Crippen LogP contribution in [0.4, 0.5) is 0 Å². The fraction of sp³-hybridized carbons (Fsp3) is 0.231. The monoisotopic (exact) mass is 277 g/mol. The molecule has 1 heterocycles. The Labute approximate surface area is 116 Å². The minimum atomic E-state index is -0.479. The Bertz CT molecular complexity index is 569. The molecule has 0 spiro atoms. The van der Waals surface area contributed by atoms with Gasteiger partial charge in [0.2, 0.25) is 5.91 Å². The van der Waals surface area contributed by atoms with Gasteiger partial charge in [0.15, 0.2) is 5.11 Å². The highest BCUT2D eigenvalue weighted by Crippen LogP contribution is 2.28. The molecule has 4 N–H and O–H groups in total. The van der Waals surface area contributed by atoms with Gasteiger partial charge in [-0.15, -0.1) is 0 Å². The van der Waals surface area contributed by atoms with Crippen LogP contribution >= 0.6 is 12.2 Å². The summed E-state index contributed by atoms with van der Waals surface area (Å²) >= 11 is 5.12. The third-order valence-corrected chi connectivity index (χ3v) is 3.18. The Morgan fingerprint density at radius 3 is 2.84 bits per heavy atom. The third-order valence-electron chi connectivity index (χ3n) is 2.96. The van der Waals surface area contributed by atoms with Crippen LogP contribution in [0.3, 0.4) is 0 Å². The van der Waals surface area contributed by atoms with Gasteiger partial charge in [0.1, 0.15) is 5.75 Å². The minimum Gasteiger partial charge on any atom is -0.497 e. The second kappa shape index (κ2) is 5.27. The van der Waals surface area contributed by atoms with E-state index in [2.05, 4.69) is 10.6 Å². The molecule has 0 aromatic heterocycles. The van der Waals surface area contributed by atoms with Gasteiger partial charge in [0.25, 0.3) is 0 Å². The molecule has 0 radical (unpaired) electrons. The van der Waals surface area contributed by atoms with Crippen molar-refractivity contribution in [3.63, 3.8) is 0 Å². The fourth-order valence-electron chi connectivity index (χ4n) is 2.09. The number of hydrogen-bond donors (Lipinski definition) is 3. The third kappa shape index (κ3) is 2.68. The largest absolute Gasteiger partial charge is 0.497 e. The topological polar surface area (TPSA) is 76.4 Å². The van der Waals surface area contributed by atoms with E-state index in [9.17, 15) is 4.79 Å². The van der Waals surface area contributed by atoms with E-state index < -0.39 is 5.91 Å². The highest BCUT2D eigenvalue weighted by atomic mass is 32.1. The predicted octanol–water partition coefficient (Wildman–Crippen LogP) is 0.973. The predicted molar refractivity (Wildman–Crippen MR) is 76.5 cm³/mol. The number of nitrogens with one attached hydrogen (secondary N) is 2. The summed E-state index contributed by atoms with van der Waals surface area (Å²) < 4.78 is 5.19. The molecule has 0 fully saturated rings. The van der Waals surface area contributed by atoms with Gasteiger partial charge in [0.05, 0.1) is 18.7 Å². The SMILES string of the molecule is COc1cccc([C@@H]2NC(=S)NC(C)=C2C(N)=O)c1. The number of ether oxygens (including phenoxy) is 1. The molecule has 1 aliphatic rings. The zero-order chi connectivity index (χ0) is 14.0. The maximum atomic E-state index is 11.6. The minimum absolute atomic E-state index is 0.360. The summed E-state index contributed by atoms with van der Waals surface area (Å²) in [5.41, 5.74) is 7.47. The van der Waals surface area contributed by atoms with Gasteiger partial charge < -0.3 is 21.1 Å². The number of rotatable bonds is 3. The number of thiocarbonyl (C=S) groups is 1. The Kier molecular flexibility index (Phi) is 3.71. The van der Waals surface area contributed by atoms with Crippen molar-refractivity contribution in [1.29, 1.82) is 0 Å². The van der Waals surface area contributed by atoms with E-state index in [-0.39, 0.29) is 6.04 Å². The summed E-state index contributed by atoms with van der Waals surface area (Å²) in [4.78, 5) is 11.6. The van der Waals surface area contributed by atoms with E-state index >= 15 is 0 Å². The van der Waals surface area contributed by atoms with Gasteiger partial charge in [-0.25, -0.2) is 0 Å². The molecule has 0 saturated heterocycles. The lowest BCUT2D eigenvalue weighted by molar-refractivity contribution is -0.115. The second-order valence-corrected chi connectivity index (χ2v) is 4.62. The number of allylic oxidation sites excluding steroid dienone is 1. The Morgan fingerprint density at radius 2 is 2.21 bits per heavy atom. The molecule has 1 aliphatic heterocycles. The second-order valence-electron chi connectivity index (χ2n) is 4.21. The summed E-state index contributed by atoms with van der Waals surface area (Å²) in [6, 6.07) is 7.08. The van der Waals surface area contributed by atoms with Gasteiger partial charge in [-0.1, -0.05) is 12.1 Å². The highest BCUT2D eigenvalue weighted by molar-refractivity contribution is 7.80. The zero-order valence-electron chi connectivity index (χ0n) is 10.7. The van der Waals surface area contributed by atoms with Crippen LogP contribution in [0.25, 0.3) is 0 Å². The molecule has 19 heavy (non-hydrogen) atoms. The first kappa shape index (κ1) is 13.4. The molecule has 5 nitrogen and oxygen atoms in total. The quantitative estimate of drug-likeness (QED) is 0.718. The van der Waals surface area contributed by atoms with E-state index in [0.717, 1.165) is 5.56 Å². The van der Waals surface area contributed by atoms with Crippen molar-refractivity contribution in [2.45, 2.75) is 13.0 Å². The molecular formula is C13H15N3O2S. The normalized spacial score (nSPS) is 18.6. The van der Waals surface area contributed by atoms with Crippen LogP contribution in [0.5, 0.6) is 5.75 Å². The standard InChI is InChI=1S/C13H15N3O2S/c1-7-10(12(14)17)11(16-13(19)15-7)8-4-3-5-9(6-8)18-2/h3-6,11H,1-2H3,(H2,14,17)(H2,15,16,19)/t11-/m0/s1. The van der Waals surface area contributed by atoms with Crippen molar-refractivity contribution in [1.82, 2.24) is 10.6 Å². The number of amides is 1. The van der Waals surface area contributed by atoms with Crippen LogP contribution in [-0.4, -0.2) is 18.1 Å². The average molecular weight is 277 g/mol. The van der Waals surface area contributed by atoms with Crippen LogP contribution in [0, 0.1) is 0 Å². The lowest BCUT2D eigenvalue weighted by Gasteiger charge is -2.29. The van der Waals surface area contributed by atoms with Gasteiger partial charge in [-0.2, -0.15) is 0 Å². The maximum absolute atomic E-state index is 11.6. The lowest BCUT2D eigenvalue weighted by Crippen LogP contribution is -2.46. The summed E-state index contributed by atoms with van der Waals surface area (Å²) in [6.45, 7) is 1.78. The van der Waals surface area contributed by atoms with E-state index in [1.54, 1.807) is 14.0 Å². The smallest absolute Gasteiger partial charge is 0.248 e. The number of carbonyl (C=O) groups is 1. The molecule has 1 atom stereocenters. The number of carbonyl (C=O) groups excluding carboxylic acids is 1. The van der Waals surface area contributed by atoms with Crippen molar-refractivity contribution >= 4 is 23.2 Å². The van der Waals surface area contributed by atoms with E-state index in [0.29, 0.717) is 22.1 Å². The van der Waals surface area contributed by atoms with Crippen LogP contribution in [0.1, 0.15) is 18.5 Å². The van der Waals surface area contributed by atoms with Gasteiger partial charge in [-0.05, 0) is 36.8 Å². The van der Waals surface area contributed by atoms with Crippen molar-refractivity contribution in [3.05, 3.63) is 41.1 Å². The van der Waals surface area contributed by atoms with E-state index in [1.807, 2.05) is 24.3 Å². The summed E-state index contributed by atoms with van der Waals surface area (Å²) in [6.07, 6.45) is 0. The fourth-order valence-corrected chi connectivity index (χ4v) is 2.36. The van der Waals surface area contributed by atoms with Crippen molar-refractivity contribution < 1.29 is 9.53 Å². The van der Waals surface area contributed by atoms with Crippen molar-refractivity contribution in [3.8, 4) is 5.75 Å². The molecule has 0 bridgehead atoms. The summed E-state index contributed by atoms with van der Waals surface area (Å²) in [5, 5.41) is 6.43. The molecule has 0 aliphatic carbocycles. The number of benzene rings is 1. The Balaban J connectivity index is 2.48. The first-order valence-corrected chi connectivity index (χ1v) is 6.15. The molecular weight excluding hydrogens is 262 g/mol. The number of hydrogen-bond acceptors (Lipinski definition) is 3. The Morgan fingerprint density at radius 1 is 1.47 bits per heavy atom. The van der Waals surface area contributed by atoms with Crippen molar-refractivity contribution in [2.24, 2.45) is 5.73 Å². The molecule has 6 heteroatoms. The maximum Gasteiger partial charge on any atom is 0.248 e. The molecule has 1 aromatic rings. The van der Waals surface area contributed by atoms with Crippen LogP contribution in [-0.2, 0) is 4.79 Å². The Hall–Kier alpha value is -2.08. The number of methoxy groups -OCH3 is 1. The van der Waals surface area contributed by atoms with Crippen LogP contribution in [0.2, 0.25) is 0 Å². The molecule has 0 unspecified atom stereocenters. The van der Waals surface area contributed by atoms with Gasteiger partial charge >= 0.3 is 0 Å². The average Bonchev–Trinajstić information content (AvgIpc) is 2.37.